The summed E-state index contributed by atoms with van der Waals surface area (Å²) in [5.41, 5.74) is 1.23. The fourth-order valence-electron chi connectivity index (χ4n) is 3.85. The molecule has 4 rings (SSSR count). The Morgan fingerprint density at radius 1 is 1.23 bits per heavy atom. The first kappa shape index (κ1) is 20.0. The summed E-state index contributed by atoms with van der Waals surface area (Å²) >= 11 is 0. The van der Waals surface area contributed by atoms with Gasteiger partial charge in [0.1, 0.15) is 5.82 Å². The minimum atomic E-state index is -0.554. The summed E-state index contributed by atoms with van der Waals surface area (Å²) < 4.78 is 1.66. The van der Waals surface area contributed by atoms with Crippen molar-refractivity contribution in [3.05, 3.63) is 58.5 Å². The number of rotatable bonds is 5. The predicted octanol–water partition coefficient (Wildman–Crippen LogP) is 2.20. The highest BCUT2D eigenvalue weighted by Crippen LogP contribution is 2.22. The fourth-order valence-corrected chi connectivity index (χ4v) is 3.85. The number of aryl methyl sites for hydroxylation is 1. The molecule has 0 aliphatic carbocycles. The molecule has 1 N–H and O–H groups in total. The molecule has 0 radical (unpaired) electrons. The number of aromatic nitrogens is 3. The van der Waals surface area contributed by atoms with Gasteiger partial charge in [0, 0.05) is 31.1 Å². The van der Waals surface area contributed by atoms with Crippen molar-refractivity contribution in [2.45, 2.75) is 25.9 Å². The zero-order chi connectivity index (χ0) is 21.3. The van der Waals surface area contributed by atoms with Gasteiger partial charge < -0.3 is 15.1 Å². The van der Waals surface area contributed by atoms with E-state index in [-0.39, 0.29) is 11.1 Å². The number of carbonyl (C=O) groups is 1. The van der Waals surface area contributed by atoms with E-state index in [1.165, 1.54) is 0 Å². The Bertz CT molecular complexity index is 1120. The average molecular weight is 406 g/mol. The predicted molar refractivity (Wildman–Crippen MR) is 118 cm³/mol. The van der Waals surface area contributed by atoms with Crippen molar-refractivity contribution in [3.63, 3.8) is 0 Å². The van der Waals surface area contributed by atoms with Gasteiger partial charge in [0.2, 0.25) is 5.43 Å². The van der Waals surface area contributed by atoms with E-state index >= 15 is 0 Å². The van der Waals surface area contributed by atoms with Crippen LogP contribution in [0, 0.1) is 0 Å². The third-order valence-corrected chi connectivity index (χ3v) is 5.63. The lowest BCUT2D eigenvalue weighted by Gasteiger charge is -2.21. The van der Waals surface area contributed by atoms with Crippen molar-refractivity contribution in [3.8, 4) is 0 Å². The monoisotopic (exact) mass is 406 g/mol. The van der Waals surface area contributed by atoms with Crippen molar-refractivity contribution in [2.75, 3.05) is 37.4 Å². The number of nitrogens with one attached hydrogen (secondary N) is 1. The van der Waals surface area contributed by atoms with Crippen molar-refractivity contribution in [1.29, 1.82) is 0 Å². The van der Waals surface area contributed by atoms with Crippen LogP contribution in [-0.4, -0.2) is 58.8 Å². The Kier molecular flexibility index (Phi) is 5.50. The fraction of sp³-hybridized carbons (Fsp3) is 0.364. The second-order valence-corrected chi connectivity index (χ2v) is 7.72. The highest BCUT2D eigenvalue weighted by atomic mass is 16.2. The van der Waals surface area contributed by atoms with Crippen molar-refractivity contribution in [1.82, 2.24) is 19.7 Å². The Morgan fingerprint density at radius 3 is 2.70 bits per heavy atom. The molecule has 0 spiro atoms. The number of likely N-dealkylation sites (N-methyl/N-ethyl adjacent to an activating group) is 1. The summed E-state index contributed by atoms with van der Waals surface area (Å²) in [5, 5.41) is 7.46. The molecular formula is C22H26N6O2. The summed E-state index contributed by atoms with van der Waals surface area (Å²) in [7, 11) is 4.19. The Balaban J connectivity index is 1.53. The molecule has 1 aromatic carbocycles. The molecule has 3 aromatic rings. The molecule has 8 heteroatoms. The lowest BCUT2D eigenvalue weighted by Crippen LogP contribution is -2.31. The van der Waals surface area contributed by atoms with Gasteiger partial charge >= 0.3 is 0 Å². The van der Waals surface area contributed by atoms with Gasteiger partial charge in [-0.05, 0) is 51.7 Å². The zero-order valence-corrected chi connectivity index (χ0v) is 17.5. The van der Waals surface area contributed by atoms with Gasteiger partial charge in [0.15, 0.2) is 5.69 Å². The molecule has 1 fully saturated rings. The molecule has 1 aliphatic heterocycles. The quantitative estimate of drug-likeness (QED) is 0.699. The lowest BCUT2D eigenvalue weighted by atomic mass is 10.2. The number of anilines is 2. The highest BCUT2D eigenvalue weighted by molar-refractivity contribution is 6.03. The molecule has 1 aliphatic rings. The van der Waals surface area contributed by atoms with Gasteiger partial charge in [-0.25, -0.2) is 4.98 Å². The largest absolute Gasteiger partial charge is 0.369 e. The van der Waals surface area contributed by atoms with Gasteiger partial charge in [0.05, 0.1) is 17.4 Å². The summed E-state index contributed by atoms with van der Waals surface area (Å²) in [6, 6.07) is 11.4. The minimum Gasteiger partial charge on any atom is -0.369 e. The van der Waals surface area contributed by atoms with Crippen LogP contribution in [0.1, 0.15) is 23.8 Å². The number of carbonyl (C=O) groups excluding carboxylic acids is 1. The topological polar surface area (TPSA) is 83.4 Å². The first-order valence-electron chi connectivity index (χ1n) is 10.2. The number of hydrogen-bond donors (Lipinski definition) is 1. The maximum Gasteiger partial charge on any atom is 0.281 e. The van der Waals surface area contributed by atoms with E-state index in [1.54, 1.807) is 29.1 Å². The standard InChI is InChI=1S/C22H26N6O2/c1-4-28-18-8-6-5-7-17(18)21(29)20(25-28)22(30)24-19-10-9-15(13-23-19)27-12-11-16(14-27)26(2)3/h5-10,13,16H,4,11-12,14H2,1-3H3,(H,23,24,30). The van der Waals surface area contributed by atoms with E-state index in [9.17, 15) is 9.59 Å². The van der Waals surface area contributed by atoms with E-state index < -0.39 is 5.91 Å². The van der Waals surface area contributed by atoms with E-state index in [0.29, 0.717) is 29.3 Å². The first-order valence-corrected chi connectivity index (χ1v) is 10.2. The number of para-hydroxylation sites is 1. The minimum absolute atomic E-state index is 0.130. The van der Waals surface area contributed by atoms with Crippen LogP contribution in [0.3, 0.4) is 0 Å². The third kappa shape index (κ3) is 3.78. The van der Waals surface area contributed by atoms with Crippen LogP contribution in [0.25, 0.3) is 10.9 Å². The molecule has 0 bridgehead atoms. The maximum atomic E-state index is 12.8. The summed E-state index contributed by atoms with van der Waals surface area (Å²) in [6.07, 6.45) is 2.87. The third-order valence-electron chi connectivity index (χ3n) is 5.63. The number of pyridine rings is 1. The SMILES string of the molecule is CCn1nc(C(=O)Nc2ccc(N3CCC(N(C)C)C3)cn2)c(=O)c2ccccc21. The van der Waals surface area contributed by atoms with Crippen LogP contribution in [0.2, 0.25) is 0 Å². The van der Waals surface area contributed by atoms with Crippen LogP contribution in [0.4, 0.5) is 11.5 Å². The van der Waals surface area contributed by atoms with Crippen molar-refractivity contribution in [2.24, 2.45) is 0 Å². The molecular weight excluding hydrogens is 380 g/mol. The van der Waals surface area contributed by atoms with Crippen molar-refractivity contribution >= 4 is 28.3 Å². The summed E-state index contributed by atoms with van der Waals surface area (Å²) in [6.45, 7) is 4.41. The Morgan fingerprint density at radius 2 is 2.03 bits per heavy atom. The zero-order valence-electron chi connectivity index (χ0n) is 17.5. The van der Waals surface area contributed by atoms with E-state index in [1.807, 2.05) is 25.1 Å². The first-order chi connectivity index (χ1) is 14.5. The van der Waals surface area contributed by atoms with Gasteiger partial charge in [-0.1, -0.05) is 12.1 Å². The van der Waals surface area contributed by atoms with Gasteiger partial charge in [-0.2, -0.15) is 5.10 Å². The van der Waals surface area contributed by atoms with Gasteiger partial charge in [-0.3, -0.25) is 14.3 Å². The highest BCUT2D eigenvalue weighted by Gasteiger charge is 2.24. The van der Waals surface area contributed by atoms with Crippen LogP contribution >= 0.6 is 0 Å². The van der Waals surface area contributed by atoms with Gasteiger partial charge in [0.25, 0.3) is 5.91 Å². The van der Waals surface area contributed by atoms with Crippen LogP contribution in [-0.2, 0) is 6.54 Å². The second-order valence-electron chi connectivity index (χ2n) is 7.72. The van der Waals surface area contributed by atoms with E-state index in [4.69, 9.17) is 0 Å². The molecule has 1 saturated heterocycles. The smallest absolute Gasteiger partial charge is 0.281 e. The van der Waals surface area contributed by atoms with E-state index in [0.717, 1.165) is 25.2 Å². The Labute approximate surface area is 175 Å². The van der Waals surface area contributed by atoms with Crippen LogP contribution < -0.4 is 15.6 Å². The maximum absolute atomic E-state index is 12.8. The molecule has 3 heterocycles. The van der Waals surface area contributed by atoms with Crippen LogP contribution in [0.15, 0.2) is 47.4 Å². The molecule has 1 amide bonds. The number of nitrogens with zero attached hydrogens (tertiary/aromatic N) is 5. The number of fused-ring (bicyclic) bond motifs is 1. The van der Waals surface area contributed by atoms with Gasteiger partial charge in [-0.15, -0.1) is 0 Å². The molecule has 1 unspecified atom stereocenters. The number of amides is 1. The molecule has 8 nitrogen and oxygen atoms in total. The summed E-state index contributed by atoms with van der Waals surface area (Å²) in [5.74, 6) is -0.161. The summed E-state index contributed by atoms with van der Waals surface area (Å²) in [4.78, 5) is 34.4. The van der Waals surface area contributed by atoms with Crippen molar-refractivity contribution < 1.29 is 4.79 Å². The molecule has 30 heavy (non-hydrogen) atoms. The molecule has 1 atom stereocenters. The molecule has 156 valence electrons. The number of benzene rings is 1. The number of hydrogen-bond acceptors (Lipinski definition) is 6. The Hall–Kier alpha value is -3.26. The van der Waals surface area contributed by atoms with Crippen LogP contribution in [0.5, 0.6) is 0 Å². The second kappa shape index (κ2) is 8.23. The lowest BCUT2D eigenvalue weighted by molar-refractivity contribution is 0.101. The molecule has 0 saturated carbocycles. The average Bonchev–Trinajstić information content (AvgIpc) is 3.25. The van der Waals surface area contributed by atoms with E-state index in [2.05, 4.69) is 39.3 Å². The normalized spacial score (nSPS) is 16.4. The molecule has 2 aromatic heterocycles.